The summed E-state index contributed by atoms with van der Waals surface area (Å²) in [6.45, 7) is 0.354. The van der Waals surface area contributed by atoms with Crippen LogP contribution < -0.4 is 10.1 Å². The van der Waals surface area contributed by atoms with Crippen LogP contribution in [-0.4, -0.2) is 62.0 Å². The maximum Gasteiger partial charge on any atom is 0.387 e. The summed E-state index contributed by atoms with van der Waals surface area (Å²) in [7, 11) is 0. The van der Waals surface area contributed by atoms with Crippen molar-refractivity contribution in [1.29, 1.82) is 0 Å². The molecule has 3 aromatic rings. The fraction of sp³-hybridized carbons (Fsp3) is 0.423. The van der Waals surface area contributed by atoms with Crippen LogP contribution in [0.3, 0.4) is 0 Å². The normalized spacial score (nSPS) is 22.9. The summed E-state index contributed by atoms with van der Waals surface area (Å²) < 4.78 is 30.6. The number of ether oxygens (including phenoxy) is 1. The molecule has 1 saturated carbocycles. The Labute approximate surface area is 211 Å². The van der Waals surface area contributed by atoms with E-state index in [4.69, 9.17) is 0 Å². The number of ketones is 1. The molecule has 1 aromatic carbocycles. The van der Waals surface area contributed by atoms with Crippen LogP contribution in [0.1, 0.15) is 55.1 Å². The summed E-state index contributed by atoms with van der Waals surface area (Å²) >= 11 is 0. The first-order valence-electron chi connectivity index (χ1n) is 12.2. The first-order chi connectivity index (χ1) is 17.7. The van der Waals surface area contributed by atoms with E-state index in [0.29, 0.717) is 23.7 Å². The highest BCUT2D eigenvalue weighted by Crippen LogP contribution is 2.41. The van der Waals surface area contributed by atoms with Gasteiger partial charge in [-0.15, -0.1) is 0 Å². The Morgan fingerprint density at radius 2 is 1.92 bits per heavy atom. The number of hydrogen-bond acceptors (Lipinski definition) is 6. The van der Waals surface area contributed by atoms with Crippen LogP contribution in [0, 0.1) is 0 Å². The highest BCUT2D eigenvalue weighted by molar-refractivity contribution is 6.04. The van der Waals surface area contributed by atoms with Gasteiger partial charge < -0.3 is 15.0 Å². The van der Waals surface area contributed by atoms with E-state index < -0.39 is 12.7 Å². The Balaban J connectivity index is 1.24. The average Bonchev–Trinajstić information content (AvgIpc) is 3.35. The number of fused-ring (bicyclic) bond motifs is 1. The lowest BCUT2D eigenvalue weighted by atomic mass is 10.1. The standard InChI is InChI=1S/C26H27F2N5O4/c1-14-3-8-21(25(36)30-20-11-19(20)16-4-6-17(7-5-16)37-26(27)28)33(14)23(35)13-32-22-12-29-10-9-18(22)24(31-32)15(2)34/h4-7,9-10,12,14,19-21,26H,3,8,11,13H2,1-2H3,(H,30,36)/t14-,19?,20?,21+/m1/s1. The molecule has 194 valence electrons. The number of aromatic nitrogens is 3. The summed E-state index contributed by atoms with van der Waals surface area (Å²) in [5.74, 6) is -0.496. The van der Waals surface area contributed by atoms with Crippen LogP contribution in [-0.2, 0) is 16.1 Å². The third-order valence-corrected chi connectivity index (χ3v) is 7.08. The molecule has 5 rings (SSSR count). The third-order valence-electron chi connectivity index (χ3n) is 7.08. The first-order valence-corrected chi connectivity index (χ1v) is 12.2. The van der Waals surface area contributed by atoms with Crippen molar-refractivity contribution < 1.29 is 27.9 Å². The predicted molar refractivity (Wildman–Crippen MR) is 129 cm³/mol. The summed E-state index contributed by atoms with van der Waals surface area (Å²) in [6.07, 6.45) is 5.12. The second-order valence-electron chi connectivity index (χ2n) is 9.60. The highest BCUT2D eigenvalue weighted by Gasteiger charge is 2.44. The lowest BCUT2D eigenvalue weighted by molar-refractivity contribution is -0.140. The van der Waals surface area contributed by atoms with Crippen LogP contribution in [0.2, 0.25) is 0 Å². The van der Waals surface area contributed by atoms with Gasteiger partial charge in [-0.2, -0.15) is 13.9 Å². The molecule has 9 nitrogen and oxygen atoms in total. The number of nitrogens with one attached hydrogen (secondary N) is 1. The van der Waals surface area contributed by atoms with Gasteiger partial charge in [0, 0.05) is 36.5 Å². The number of rotatable bonds is 8. The largest absolute Gasteiger partial charge is 0.435 e. The van der Waals surface area contributed by atoms with Crippen LogP contribution in [0.5, 0.6) is 5.75 Å². The molecule has 1 saturated heterocycles. The van der Waals surface area contributed by atoms with Crippen LogP contribution in [0.15, 0.2) is 42.7 Å². The number of pyridine rings is 1. The van der Waals surface area contributed by atoms with Crippen molar-refractivity contribution in [2.45, 2.75) is 70.3 Å². The van der Waals surface area contributed by atoms with Gasteiger partial charge in [0.15, 0.2) is 5.78 Å². The maximum atomic E-state index is 13.4. The molecule has 2 fully saturated rings. The van der Waals surface area contributed by atoms with Crippen molar-refractivity contribution >= 4 is 28.5 Å². The molecule has 1 aliphatic heterocycles. The van der Waals surface area contributed by atoms with Crippen molar-refractivity contribution in [3.05, 3.63) is 54.0 Å². The Morgan fingerprint density at radius 3 is 2.62 bits per heavy atom. The Kier molecular flexibility index (Phi) is 6.61. The van der Waals surface area contributed by atoms with Gasteiger partial charge in [0.05, 0.1) is 11.7 Å². The molecule has 3 heterocycles. The molecule has 1 N–H and O–H groups in total. The second kappa shape index (κ2) is 9.87. The number of hydrogen-bond donors (Lipinski definition) is 1. The average molecular weight is 512 g/mol. The van der Waals surface area contributed by atoms with Crippen molar-refractivity contribution in [2.75, 3.05) is 0 Å². The fourth-order valence-corrected chi connectivity index (χ4v) is 5.17. The number of carbonyl (C=O) groups is 3. The molecular weight excluding hydrogens is 484 g/mol. The minimum absolute atomic E-state index is 0.0820. The molecule has 1 aliphatic carbocycles. The number of halogens is 2. The van der Waals surface area contributed by atoms with Gasteiger partial charge in [-0.3, -0.25) is 24.0 Å². The topological polar surface area (TPSA) is 106 Å². The highest BCUT2D eigenvalue weighted by atomic mass is 19.3. The molecule has 2 aromatic heterocycles. The zero-order valence-corrected chi connectivity index (χ0v) is 20.4. The Morgan fingerprint density at radius 1 is 1.16 bits per heavy atom. The van der Waals surface area contributed by atoms with E-state index in [1.54, 1.807) is 35.5 Å². The second-order valence-corrected chi connectivity index (χ2v) is 9.60. The molecule has 0 bridgehead atoms. The number of benzene rings is 1. The van der Waals surface area contributed by atoms with E-state index in [2.05, 4.69) is 20.1 Å². The number of Topliss-reactive ketones (excluding diaryl/α,β-unsaturated/α-hetero) is 1. The van der Waals surface area contributed by atoms with Crippen molar-refractivity contribution in [2.24, 2.45) is 0 Å². The van der Waals surface area contributed by atoms with Gasteiger partial charge in [-0.05, 0) is 49.9 Å². The van der Waals surface area contributed by atoms with Crippen LogP contribution in [0.25, 0.3) is 10.9 Å². The Hall–Kier alpha value is -3.89. The van der Waals surface area contributed by atoms with E-state index in [1.807, 2.05) is 6.92 Å². The lowest BCUT2D eigenvalue weighted by Gasteiger charge is -2.28. The number of alkyl halides is 2. The van der Waals surface area contributed by atoms with Crippen LogP contribution >= 0.6 is 0 Å². The lowest BCUT2D eigenvalue weighted by Crippen LogP contribution is -2.49. The molecule has 2 unspecified atom stereocenters. The summed E-state index contributed by atoms with van der Waals surface area (Å²) in [4.78, 5) is 44.3. The van der Waals surface area contributed by atoms with E-state index in [1.165, 1.54) is 23.7 Å². The summed E-state index contributed by atoms with van der Waals surface area (Å²) in [5.41, 5.74) is 1.79. The SMILES string of the molecule is CC(=O)c1nn(CC(=O)N2[C@H](C)CC[C@H]2C(=O)NC2CC2c2ccc(OC(F)F)cc2)c2cnccc12. The van der Waals surface area contributed by atoms with E-state index in [9.17, 15) is 23.2 Å². The van der Waals surface area contributed by atoms with E-state index in [-0.39, 0.29) is 53.6 Å². The van der Waals surface area contributed by atoms with Gasteiger partial charge in [0.1, 0.15) is 24.0 Å². The zero-order valence-electron chi connectivity index (χ0n) is 20.4. The van der Waals surface area contributed by atoms with E-state index >= 15 is 0 Å². The maximum absolute atomic E-state index is 13.4. The molecule has 37 heavy (non-hydrogen) atoms. The first kappa shape index (κ1) is 24.8. The molecule has 2 aliphatic rings. The van der Waals surface area contributed by atoms with Gasteiger partial charge in [-0.25, -0.2) is 0 Å². The number of likely N-dealkylation sites (tertiary alicyclic amines) is 1. The van der Waals surface area contributed by atoms with Crippen molar-refractivity contribution in [3.8, 4) is 5.75 Å². The molecular formula is C26H27F2N5O4. The van der Waals surface area contributed by atoms with Crippen LogP contribution in [0.4, 0.5) is 8.78 Å². The van der Waals surface area contributed by atoms with Gasteiger partial charge in [-0.1, -0.05) is 12.1 Å². The van der Waals surface area contributed by atoms with Gasteiger partial charge in [0.2, 0.25) is 11.8 Å². The third kappa shape index (κ3) is 5.03. The quantitative estimate of drug-likeness (QED) is 0.466. The van der Waals surface area contributed by atoms with Gasteiger partial charge >= 0.3 is 6.61 Å². The molecule has 4 atom stereocenters. The minimum atomic E-state index is -2.88. The monoisotopic (exact) mass is 511 g/mol. The minimum Gasteiger partial charge on any atom is -0.435 e. The zero-order chi connectivity index (χ0) is 26.3. The number of amides is 2. The van der Waals surface area contributed by atoms with Crippen molar-refractivity contribution in [3.63, 3.8) is 0 Å². The fourth-order valence-electron chi connectivity index (χ4n) is 5.17. The smallest absolute Gasteiger partial charge is 0.387 e. The molecule has 2 amide bonds. The predicted octanol–water partition coefficient (Wildman–Crippen LogP) is 3.29. The van der Waals surface area contributed by atoms with Gasteiger partial charge in [0.25, 0.3) is 0 Å². The number of carbonyl (C=O) groups excluding carboxylic acids is 3. The number of nitrogens with zero attached hydrogens (tertiary/aromatic N) is 4. The summed E-state index contributed by atoms with van der Waals surface area (Å²) in [5, 5.41) is 8.03. The molecule has 11 heteroatoms. The van der Waals surface area contributed by atoms with E-state index in [0.717, 1.165) is 12.0 Å². The Bertz CT molecular complexity index is 1340. The van der Waals surface area contributed by atoms with Crippen molar-refractivity contribution in [1.82, 2.24) is 25.0 Å². The molecule has 0 radical (unpaired) electrons. The summed E-state index contributed by atoms with van der Waals surface area (Å²) in [6, 6.07) is 7.32. The molecule has 0 spiro atoms.